The minimum atomic E-state index is -1.13. The molecule has 0 unspecified atom stereocenters. The van der Waals surface area contributed by atoms with E-state index in [2.05, 4.69) is 36.1 Å². The third kappa shape index (κ3) is 5.72. The molecule has 1 aromatic rings. The van der Waals surface area contributed by atoms with Crippen molar-refractivity contribution in [3.05, 3.63) is 24.0 Å². The summed E-state index contributed by atoms with van der Waals surface area (Å²) in [5.74, 6) is -0.476. The second-order valence-electron chi connectivity index (χ2n) is 6.10. The van der Waals surface area contributed by atoms with E-state index < -0.39 is 14.0 Å². The Morgan fingerprint density at radius 2 is 2.14 bits per heavy atom. The van der Waals surface area contributed by atoms with Crippen LogP contribution in [0.1, 0.15) is 5.69 Å². The fraction of sp³-hybridized carbons (Fsp3) is 0.571. The van der Waals surface area contributed by atoms with Crippen LogP contribution in [0.5, 0.6) is 5.75 Å². The molecule has 0 saturated heterocycles. The maximum absolute atomic E-state index is 11.4. The monoisotopic (exact) mass is 312 g/mol. The van der Waals surface area contributed by atoms with Gasteiger partial charge in [-0.15, -0.1) is 0 Å². The third-order valence-corrected chi connectivity index (χ3v) is 4.70. The molecule has 0 saturated carbocycles. The van der Waals surface area contributed by atoms with E-state index in [9.17, 15) is 9.90 Å². The number of carbonyl (C=O) groups is 1. The van der Waals surface area contributed by atoms with Crippen LogP contribution in [0.4, 0.5) is 0 Å². The fourth-order valence-electron chi connectivity index (χ4n) is 1.64. The lowest BCUT2D eigenvalue weighted by molar-refractivity contribution is -0.136. The van der Waals surface area contributed by atoms with E-state index in [0.29, 0.717) is 12.3 Å². The van der Waals surface area contributed by atoms with E-state index in [1.807, 2.05) is 0 Å². The fourth-order valence-corrected chi connectivity index (χ4v) is 2.40. The predicted octanol–water partition coefficient (Wildman–Crippen LogP) is 2.17. The molecule has 21 heavy (non-hydrogen) atoms. The van der Waals surface area contributed by atoms with Crippen molar-refractivity contribution < 1.29 is 19.4 Å². The Hall–Kier alpha value is -1.60. The number of ether oxygens (including phenoxy) is 2. The first-order valence-corrected chi connectivity index (χ1v) is 10.5. The van der Waals surface area contributed by atoms with Gasteiger partial charge in [0.25, 0.3) is 0 Å². The third-order valence-electron chi connectivity index (χ3n) is 2.99. The van der Waals surface area contributed by atoms with E-state index in [4.69, 9.17) is 4.74 Å². The molecule has 0 spiro atoms. The van der Waals surface area contributed by atoms with E-state index in [1.165, 1.54) is 18.0 Å². The van der Waals surface area contributed by atoms with Crippen molar-refractivity contribution in [1.29, 1.82) is 0 Å². The number of aromatic nitrogens is 2. The van der Waals surface area contributed by atoms with Gasteiger partial charge in [0.2, 0.25) is 0 Å². The summed E-state index contributed by atoms with van der Waals surface area (Å²) in [5, 5.41) is 13.8. The zero-order valence-corrected chi connectivity index (χ0v) is 14.2. The van der Waals surface area contributed by atoms with Crippen LogP contribution in [-0.2, 0) is 27.4 Å². The van der Waals surface area contributed by atoms with Gasteiger partial charge < -0.3 is 14.6 Å². The first-order valence-electron chi connectivity index (χ1n) is 6.82. The quantitative estimate of drug-likeness (QED) is 0.345. The van der Waals surface area contributed by atoms with Crippen molar-refractivity contribution in [2.45, 2.75) is 38.8 Å². The first-order chi connectivity index (χ1) is 9.74. The second kappa shape index (κ2) is 7.42. The van der Waals surface area contributed by atoms with Crippen molar-refractivity contribution in [2.75, 3.05) is 13.7 Å². The van der Waals surface area contributed by atoms with Gasteiger partial charge in [0.05, 0.1) is 19.0 Å². The molecule has 118 valence electrons. The molecule has 0 aliphatic rings. The molecule has 6 nitrogen and oxygen atoms in total. The van der Waals surface area contributed by atoms with Gasteiger partial charge in [-0.1, -0.05) is 26.2 Å². The summed E-state index contributed by atoms with van der Waals surface area (Å²) >= 11 is 0. The Morgan fingerprint density at radius 3 is 2.71 bits per heavy atom. The van der Waals surface area contributed by atoms with Crippen LogP contribution in [0.2, 0.25) is 25.7 Å². The Morgan fingerprint density at radius 1 is 1.48 bits per heavy atom. The largest absolute Gasteiger partial charge is 0.504 e. The zero-order valence-electron chi connectivity index (χ0n) is 13.2. The highest BCUT2D eigenvalue weighted by Gasteiger charge is 2.16. The van der Waals surface area contributed by atoms with Crippen LogP contribution < -0.4 is 0 Å². The van der Waals surface area contributed by atoms with Gasteiger partial charge in [-0.05, 0) is 6.04 Å². The molecule has 0 fully saturated rings. The molecule has 0 radical (unpaired) electrons. The smallest absolute Gasteiger partial charge is 0.333 e. The van der Waals surface area contributed by atoms with Crippen LogP contribution in [0.25, 0.3) is 0 Å². The molecule has 0 atom stereocenters. The summed E-state index contributed by atoms with van der Waals surface area (Å²) < 4.78 is 11.7. The minimum Gasteiger partial charge on any atom is -0.504 e. The molecule has 0 aliphatic heterocycles. The number of hydrogen-bond donors (Lipinski definition) is 1. The number of esters is 1. The lowest BCUT2D eigenvalue weighted by atomic mass is 10.1. The molecule has 7 heteroatoms. The lowest BCUT2D eigenvalue weighted by Crippen LogP contribution is -2.22. The van der Waals surface area contributed by atoms with Crippen LogP contribution in [0, 0.1) is 0 Å². The van der Waals surface area contributed by atoms with Gasteiger partial charge >= 0.3 is 5.97 Å². The Labute approximate surface area is 126 Å². The Balaban J connectivity index is 2.60. The topological polar surface area (TPSA) is 73.6 Å². The zero-order chi connectivity index (χ0) is 16.0. The maximum atomic E-state index is 11.4. The Bertz CT molecular complexity index is 506. The van der Waals surface area contributed by atoms with Crippen molar-refractivity contribution in [1.82, 2.24) is 9.78 Å². The molecule has 0 bridgehead atoms. The second-order valence-corrected chi connectivity index (χ2v) is 11.7. The number of nitrogens with zero attached hydrogens (tertiary/aromatic N) is 2. The van der Waals surface area contributed by atoms with Crippen molar-refractivity contribution >= 4 is 14.0 Å². The van der Waals surface area contributed by atoms with Gasteiger partial charge in [-0.3, -0.25) is 0 Å². The molecular formula is C14H24N2O4Si. The highest BCUT2D eigenvalue weighted by Crippen LogP contribution is 2.20. The summed E-state index contributed by atoms with van der Waals surface area (Å²) in [6.07, 6.45) is 1.51. The van der Waals surface area contributed by atoms with Crippen LogP contribution >= 0.6 is 0 Å². The molecular weight excluding hydrogens is 288 g/mol. The summed E-state index contributed by atoms with van der Waals surface area (Å²) in [4.78, 5) is 11.4. The average Bonchev–Trinajstić information content (AvgIpc) is 2.74. The summed E-state index contributed by atoms with van der Waals surface area (Å²) in [5.41, 5.74) is 0.759. The molecule has 0 aliphatic carbocycles. The van der Waals surface area contributed by atoms with Gasteiger partial charge in [0, 0.05) is 26.7 Å². The van der Waals surface area contributed by atoms with Crippen molar-refractivity contribution in [3.63, 3.8) is 0 Å². The van der Waals surface area contributed by atoms with Crippen LogP contribution in [0.3, 0.4) is 0 Å². The standard InChI is InChI=1S/C14H24N2O4Si/c1-11(14(18)19-2)8-12-13(17)9-15-16(12)10-20-6-7-21(3,4)5/h9,17H,1,6-8,10H2,2-5H3. The molecule has 1 rings (SSSR count). The predicted molar refractivity (Wildman–Crippen MR) is 82.9 cm³/mol. The molecule has 0 amide bonds. The average molecular weight is 312 g/mol. The number of methoxy groups -OCH3 is 1. The Kier molecular flexibility index (Phi) is 6.16. The summed E-state index contributed by atoms with van der Waals surface area (Å²) in [6.45, 7) is 11.4. The van der Waals surface area contributed by atoms with Gasteiger partial charge in [-0.25, -0.2) is 9.48 Å². The van der Waals surface area contributed by atoms with Crippen molar-refractivity contribution in [2.24, 2.45) is 0 Å². The van der Waals surface area contributed by atoms with E-state index in [1.54, 1.807) is 0 Å². The van der Waals surface area contributed by atoms with Crippen LogP contribution in [-0.4, -0.2) is 42.6 Å². The molecule has 1 heterocycles. The van der Waals surface area contributed by atoms with Crippen molar-refractivity contribution in [3.8, 4) is 5.75 Å². The first kappa shape index (κ1) is 17.4. The summed E-state index contributed by atoms with van der Waals surface area (Å²) in [6, 6.07) is 1.06. The van der Waals surface area contributed by atoms with Crippen LogP contribution in [0.15, 0.2) is 18.3 Å². The highest BCUT2D eigenvalue weighted by molar-refractivity contribution is 6.76. The maximum Gasteiger partial charge on any atom is 0.333 e. The van der Waals surface area contributed by atoms with E-state index in [-0.39, 0.29) is 24.5 Å². The lowest BCUT2D eigenvalue weighted by Gasteiger charge is -2.16. The number of hydrogen-bond acceptors (Lipinski definition) is 5. The number of aromatic hydroxyl groups is 1. The number of rotatable bonds is 8. The number of carbonyl (C=O) groups excluding carboxylic acids is 1. The molecule has 1 aromatic heterocycles. The highest BCUT2D eigenvalue weighted by atomic mass is 28.3. The normalized spacial score (nSPS) is 11.4. The minimum absolute atomic E-state index is 0.0221. The molecule has 0 aromatic carbocycles. The van der Waals surface area contributed by atoms with E-state index in [0.717, 1.165) is 6.04 Å². The molecule has 1 N–H and O–H groups in total. The summed E-state index contributed by atoms with van der Waals surface area (Å²) in [7, 11) is 0.167. The van der Waals surface area contributed by atoms with Gasteiger partial charge in [0.1, 0.15) is 6.73 Å². The van der Waals surface area contributed by atoms with Gasteiger partial charge in [0.15, 0.2) is 5.75 Å². The SMILES string of the molecule is C=C(Cc1c(O)cnn1COCC[Si](C)(C)C)C(=O)OC. The van der Waals surface area contributed by atoms with E-state index >= 15 is 0 Å². The van der Waals surface area contributed by atoms with Gasteiger partial charge in [-0.2, -0.15) is 5.10 Å².